The van der Waals surface area contributed by atoms with E-state index in [0.29, 0.717) is 13.0 Å². The van der Waals surface area contributed by atoms with Gasteiger partial charge >= 0.3 is 13.8 Å². The maximum atomic E-state index is 12.4. The van der Waals surface area contributed by atoms with Crippen LogP contribution in [0.2, 0.25) is 0 Å². The molecule has 0 aromatic carbocycles. The Balaban J connectivity index is 3.73. The SMILES string of the molecule is CCCCCCCCCC/C=C\CCCCCCCCCC(=O)O[C@H](COCCCCCCCCCCCCCCCCCCCC)COP(=O)(O)O. The van der Waals surface area contributed by atoms with Gasteiger partial charge in [0.25, 0.3) is 0 Å². The van der Waals surface area contributed by atoms with Crippen LogP contribution in [-0.2, 0) is 23.4 Å². The third-order valence-electron chi connectivity index (χ3n) is 10.3. The predicted octanol–water partition coefficient (Wildman–Crippen LogP) is 14.7. The van der Waals surface area contributed by atoms with Crippen LogP contribution in [0.4, 0.5) is 0 Å². The van der Waals surface area contributed by atoms with E-state index >= 15 is 0 Å². The molecule has 0 saturated carbocycles. The number of unbranched alkanes of at least 4 members (excludes halogenated alkanes) is 32. The number of carbonyl (C=O) groups excluding carboxylic acids is 1. The van der Waals surface area contributed by atoms with Crippen LogP contribution in [-0.4, -0.2) is 41.7 Å². The van der Waals surface area contributed by atoms with E-state index in [2.05, 4.69) is 30.5 Å². The summed E-state index contributed by atoms with van der Waals surface area (Å²) in [6, 6.07) is 0. The fourth-order valence-electron chi connectivity index (χ4n) is 6.91. The van der Waals surface area contributed by atoms with Crippen LogP contribution in [0.5, 0.6) is 0 Å². The van der Waals surface area contributed by atoms with Crippen LogP contribution < -0.4 is 0 Å². The summed E-state index contributed by atoms with van der Waals surface area (Å²) >= 11 is 0. The van der Waals surface area contributed by atoms with Gasteiger partial charge in [0.15, 0.2) is 0 Å². The number of hydrogen-bond donors (Lipinski definition) is 2. The highest BCUT2D eigenvalue weighted by Gasteiger charge is 2.21. The van der Waals surface area contributed by atoms with Gasteiger partial charge in [0.2, 0.25) is 0 Å². The molecule has 0 fully saturated rings. The lowest BCUT2D eigenvalue weighted by atomic mass is 10.0. The van der Waals surface area contributed by atoms with Gasteiger partial charge < -0.3 is 19.3 Å². The smallest absolute Gasteiger partial charge is 0.457 e. The molecule has 8 heteroatoms. The van der Waals surface area contributed by atoms with Crippen molar-refractivity contribution in [3.8, 4) is 0 Å². The lowest BCUT2D eigenvalue weighted by molar-refractivity contribution is -0.154. The molecule has 0 bridgehead atoms. The van der Waals surface area contributed by atoms with Crippen molar-refractivity contribution >= 4 is 13.8 Å². The van der Waals surface area contributed by atoms with Crippen molar-refractivity contribution in [1.29, 1.82) is 0 Å². The molecule has 1 atom stereocenters. The van der Waals surface area contributed by atoms with Crippen molar-refractivity contribution in [2.75, 3.05) is 19.8 Å². The van der Waals surface area contributed by atoms with Crippen molar-refractivity contribution in [3.63, 3.8) is 0 Å². The van der Waals surface area contributed by atoms with Crippen molar-refractivity contribution < 1.29 is 33.1 Å². The van der Waals surface area contributed by atoms with Gasteiger partial charge in [-0.3, -0.25) is 9.32 Å². The zero-order valence-electron chi connectivity index (χ0n) is 35.2. The van der Waals surface area contributed by atoms with Crippen LogP contribution in [0.25, 0.3) is 0 Å². The van der Waals surface area contributed by atoms with E-state index in [1.165, 1.54) is 193 Å². The Morgan fingerprint density at radius 3 is 1.21 bits per heavy atom. The molecule has 0 saturated heterocycles. The van der Waals surface area contributed by atoms with Crippen LogP contribution in [0.1, 0.15) is 245 Å². The average Bonchev–Trinajstić information content (AvgIpc) is 3.13. The van der Waals surface area contributed by atoms with Crippen LogP contribution in [0.3, 0.4) is 0 Å². The van der Waals surface area contributed by atoms with Crippen molar-refractivity contribution in [3.05, 3.63) is 12.2 Å². The summed E-state index contributed by atoms with van der Waals surface area (Å²) in [6.45, 7) is 4.80. The first-order chi connectivity index (χ1) is 25.9. The molecule has 2 N–H and O–H groups in total. The minimum Gasteiger partial charge on any atom is -0.457 e. The molecular formula is C45H89O7P. The Hall–Kier alpha value is -0.720. The number of esters is 1. The van der Waals surface area contributed by atoms with E-state index in [-0.39, 0.29) is 19.2 Å². The number of rotatable bonds is 44. The molecule has 316 valence electrons. The molecule has 0 aliphatic heterocycles. The van der Waals surface area contributed by atoms with Crippen LogP contribution in [0, 0.1) is 0 Å². The maximum Gasteiger partial charge on any atom is 0.469 e. The first kappa shape index (κ1) is 52.3. The predicted molar refractivity (Wildman–Crippen MR) is 225 cm³/mol. The van der Waals surface area contributed by atoms with Gasteiger partial charge in [-0.05, 0) is 38.5 Å². The molecule has 53 heavy (non-hydrogen) atoms. The number of phosphoric acid groups is 1. The molecule has 0 radical (unpaired) electrons. The third kappa shape index (κ3) is 45.6. The second-order valence-corrected chi connectivity index (χ2v) is 17.0. The fraction of sp³-hybridized carbons (Fsp3) is 0.933. The highest BCUT2D eigenvalue weighted by atomic mass is 31.2. The topological polar surface area (TPSA) is 102 Å². The molecule has 0 unspecified atom stereocenters. The molecule has 0 heterocycles. The second-order valence-electron chi connectivity index (χ2n) is 15.7. The molecule has 0 amide bonds. The number of ether oxygens (including phenoxy) is 2. The summed E-state index contributed by atoms with van der Waals surface area (Å²) in [5.41, 5.74) is 0. The van der Waals surface area contributed by atoms with Crippen molar-refractivity contribution in [1.82, 2.24) is 0 Å². The summed E-state index contributed by atoms with van der Waals surface area (Å²) < 4.78 is 27.1. The number of allylic oxidation sites excluding steroid dienone is 2. The average molecular weight is 773 g/mol. The number of hydrogen-bond acceptors (Lipinski definition) is 5. The Bertz CT molecular complexity index is 815. The second kappa shape index (κ2) is 42.4. The Morgan fingerprint density at radius 2 is 0.830 bits per heavy atom. The van der Waals surface area contributed by atoms with Gasteiger partial charge in [-0.1, -0.05) is 212 Å². The zero-order chi connectivity index (χ0) is 38.8. The lowest BCUT2D eigenvalue weighted by Gasteiger charge is -2.18. The highest BCUT2D eigenvalue weighted by Crippen LogP contribution is 2.36. The lowest BCUT2D eigenvalue weighted by Crippen LogP contribution is -2.28. The van der Waals surface area contributed by atoms with Gasteiger partial charge in [-0.2, -0.15) is 0 Å². The first-order valence-electron chi connectivity index (χ1n) is 23.0. The Kier molecular flexibility index (Phi) is 41.8. The maximum absolute atomic E-state index is 12.4. The quantitative estimate of drug-likeness (QED) is 0.0275. The third-order valence-corrected chi connectivity index (χ3v) is 10.8. The Labute approximate surface area is 329 Å². The Morgan fingerprint density at radius 1 is 0.491 bits per heavy atom. The van der Waals surface area contributed by atoms with Gasteiger partial charge in [0.1, 0.15) is 6.10 Å². The molecule has 0 spiro atoms. The molecule has 0 aliphatic carbocycles. The molecular weight excluding hydrogens is 683 g/mol. The van der Waals surface area contributed by atoms with Gasteiger partial charge in [0, 0.05) is 13.0 Å². The van der Waals surface area contributed by atoms with Crippen molar-refractivity contribution in [2.24, 2.45) is 0 Å². The van der Waals surface area contributed by atoms with E-state index in [9.17, 15) is 9.36 Å². The van der Waals surface area contributed by atoms with Gasteiger partial charge in [0.05, 0.1) is 13.2 Å². The minimum atomic E-state index is -4.65. The van der Waals surface area contributed by atoms with E-state index in [0.717, 1.165) is 32.1 Å². The van der Waals surface area contributed by atoms with E-state index in [4.69, 9.17) is 19.3 Å². The summed E-state index contributed by atoms with van der Waals surface area (Å²) in [6.07, 6.45) is 49.3. The highest BCUT2D eigenvalue weighted by molar-refractivity contribution is 7.46. The van der Waals surface area contributed by atoms with Crippen LogP contribution in [0.15, 0.2) is 12.2 Å². The summed E-state index contributed by atoms with van der Waals surface area (Å²) in [5.74, 6) is -0.361. The van der Waals surface area contributed by atoms with Gasteiger partial charge in [-0.15, -0.1) is 0 Å². The van der Waals surface area contributed by atoms with E-state index < -0.39 is 13.9 Å². The minimum absolute atomic E-state index is 0.0824. The summed E-state index contributed by atoms with van der Waals surface area (Å²) in [4.78, 5) is 30.7. The monoisotopic (exact) mass is 773 g/mol. The summed E-state index contributed by atoms with van der Waals surface area (Å²) in [7, 11) is -4.65. The van der Waals surface area contributed by atoms with Crippen molar-refractivity contribution in [2.45, 2.75) is 251 Å². The van der Waals surface area contributed by atoms with E-state index in [1.54, 1.807) is 0 Å². The zero-order valence-corrected chi connectivity index (χ0v) is 36.1. The normalized spacial score (nSPS) is 12.6. The molecule has 0 aliphatic rings. The molecule has 0 aromatic heterocycles. The number of carbonyl (C=O) groups is 1. The standard InChI is InChI=1S/C45H89O7P/c1-3-5-7-9-11-13-15-17-19-21-23-24-26-28-30-32-34-36-38-40-45(46)52-44(43-51-53(47,48)49)42-50-41-39-37-35-33-31-29-27-25-22-20-18-16-14-12-10-8-6-4-2/h21,23,44H,3-20,22,24-43H2,1-2H3,(H2,47,48,49)/b23-21-/t44-/m1/s1. The molecule has 0 rings (SSSR count). The van der Waals surface area contributed by atoms with Gasteiger partial charge in [-0.25, -0.2) is 4.57 Å². The number of phosphoric ester groups is 1. The molecule has 0 aromatic rings. The first-order valence-corrected chi connectivity index (χ1v) is 24.5. The summed E-state index contributed by atoms with van der Waals surface area (Å²) in [5, 5.41) is 0. The largest absolute Gasteiger partial charge is 0.469 e. The van der Waals surface area contributed by atoms with Crippen LogP contribution >= 0.6 is 7.82 Å². The van der Waals surface area contributed by atoms with E-state index in [1.807, 2.05) is 0 Å². The fourth-order valence-corrected chi connectivity index (χ4v) is 7.27. The molecule has 7 nitrogen and oxygen atoms in total.